The smallest absolute Gasteiger partial charge is 0.332 e. The van der Waals surface area contributed by atoms with Gasteiger partial charge in [0.2, 0.25) is 5.76 Å². The minimum atomic E-state index is -0.962. The Morgan fingerprint density at radius 3 is 2.83 bits per heavy atom. The van der Waals surface area contributed by atoms with E-state index in [0.717, 1.165) is 0 Å². The number of aliphatic carboxylic acids is 1. The predicted octanol–water partition coefficient (Wildman–Crippen LogP) is -0.377. The highest BCUT2D eigenvalue weighted by Crippen LogP contribution is 2.19. The van der Waals surface area contributed by atoms with E-state index in [1.807, 2.05) is 0 Å². The van der Waals surface area contributed by atoms with Gasteiger partial charge in [-0.1, -0.05) is 0 Å². The molecule has 2 aliphatic heterocycles. The summed E-state index contributed by atoms with van der Waals surface area (Å²) in [7, 11) is 0. The van der Waals surface area contributed by atoms with Gasteiger partial charge in [-0.25, -0.2) is 4.79 Å². The van der Waals surface area contributed by atoms with Crippen LogP contribution in [0.3, 0.4) is 0 Å². The molecule has 0 aromatic rings. The van der Waals surface area contributed by atoms with Crippen molar-refractivity contribution in [3.05, 3.63) is 12.0 Å². The molecule has 2 heterocycles. The number of rotatable bonds is 4. The number of carboxylic acid groups (broad SMARTS) is 1. The Balaban J connectivity index is 1.73. The monoisotopic (exact) mass is 257 g/mol. The van der Waals surface area contributed by atoms with Crippen molar-refractivity contribution in [2.24, 2.45) is 0 Å². The van der Waals surface area contributed by atoms with Gasteiger partial charge in [0.15, 0.2) is 6.10 Å². The van der Waals surface area contributed by atoms with E-state index in [0.29, 0.717) is 26.1 Å². The number of hydrogen-bond donors (Lipinski definition) is 2. The second kappa shape index (κ2) is 5.72. The maximum absolute atomic E-state index is 11.6. The summed E-state index contributed by atoms with van der Waals surface area (Å²) < 4.78 is 15.3. The summed E-state index contributed by atoms with van der Waals surface area (Å²) in [6, 6.07) is 0. The maximum atomic E-state index is 11.6. The lowest BCUT2D eigenvalue weighted by atomic mass is 10.2. The van der Waals surface area contributed by atoms with Crippen molar-refractivity contribution in [3.8, 4) is 0 Å². The summed E-state index contributed by atoms with van der Waals surface area (Å²) in [5.74, 6) is -1.21. The Morgan fingerprint density at radius 1 is 1.39 bits per heavy atom. The van der Waals surface area contributed by atoms with Crippen LogP contribution in [0.4, 0.5) is 0 Å². The molecule has 2 N–H and O–H groups in total. The van der Waals surface area contributed by atoms with Crippen molar-refractivity contribution in [2.75, 3.05) is 19.8 Å². The summed E-state index contributed by atoms with van der Waals surface area (Å²) in [5.41, 5.74) is 0. The van der Waals surface area contributed by atoms with E-state index in [4.69, 9.17) is 19.3 Å². The zero-order valence-electron chi connectivity index (χ0n) is 9.76. The fraction of sp³-hybridized carbons (Fsp3) is 0.636. The molecule has 0 bridgehead atoms. The number of carbonyl (C=O) groups excluding carboxylic acids is 1. The topological polar surface area (TPSA) is 94.1 Å². The quantitative estimate of drug-likeness (QED) is 0.713. The van der Waals surface area contributed by atoms with Crippen LogP contribution in [0, 0.1) is 0 Å². The van der Waals surface area contributed by atoms with Crippen molar-refractivity contribution in [3.63, 3.8) is 0 Å². The molecular formula is C11H15NO6. The standard InChI is InChI=1S/C11H15NO6/c13-10(9-6-16-3-4-17-9)12-5-7-1-2-8(18-7)11(14)15/h6-8H,1-5H2,(H,12,13)(H,14,15). The number of amides is 1. The molecule has 2 aliphatic rings. The largest absolute Gasteiger partial charge is 0.494 e. The van der Waals surface area contributed by atoms with Crippen LogP contribution in [-0.4, -0.2) is 48.9 Å². The van der Waals surface area contributed by atoms with Crippen LogP contribution in [0.2, 0.25) is 0 Å². The fourth-order valence-electron chi connectivity index (χ4n) is 1.82. The first kappa shape index (κ1) is 12.7. The molecule has 0 aromatic heterocycles. The Labute approximate surface area is 104 Å². The Hall–Kier alpha value is -1.76. The molecule has 18 heavy (non-hydrogen) atoms. The lowest BCUT2D eigenvalue weighted by Crippen LogP contribution is -2.35. The van der Waals surface area contributed by atoms with Crippen molar-refractivity contribution < 1.29 is 28.9 Å². The number of hydrogen-bond acceptors (Lipinski definition) is 5. The molecule has 1 amide bonds. The third-order valence-corrected chi connectivity index (χ3v) is 2.75. The lowest BCUT2D eigenvalue weighted by molar-refractivity contribution is -0.149. The van der Waals surface area contributed by atoms with Crippen LogP contribution in [0.1, 0.15) is 12.8 Å². The highest BCUT2D eigenvalue weighted by Gasteiger charge is 2.30. The van der Waals surface area contributed by atoms with Crippen LogP contribution >= 0.6 is 0 Å². The van der Waals surface area contributed by atoms with Crippen molar-refractivity contribution in [1.29, 1.82) is 0 Å². The predicted molar refractivity (Wildman–Crippen MR) is 58.5 cm³/mol. The molecule has 0 spiro atoms. The summed E-state index contributed by atoms with van der Waals surface area (Å²) in [5, 5.41) is 11.4. The second-order valence-electron chi connectivity index (χ2n) is 4.07. The third kappa shape index (κ3) is 3.13. The first-order valence-electron chi connectivity index (χ1n) is 5.78. The third-order valence-electron chi connectivity index (χ3n) is 2.75. The number of carbonyl (C=O) groups is 2. The molecule has 1 fully saturated rings. The highest BCUT2D eigenvalue weighted by atomic mass is 16.6. The van der Waals surface area contributed by atoms with E-state index in [2.05, 4.69) is 5.32 Å². The van der Waals surface area contributed by atoms with Crippen LogP contribution in [0.5, 0.6) is 0 Å². The molecule has 0 aromatic carbocycles. The zero-order chi connectivity index (χ0) is 13.0. The van der Waals surface area contributed by atoms with Gasteiger partial charge in [0.25, 0.3) is 5.91 Å². The summed E-state index contributed by atoms with van der Waals surface area (Å²) >= 11 is 0. The summed E-state index contributed by atoms with van der Waals surface area (Å²) in [6.07, 6.45) is 1.33. The molecule has 0 aliphatic carbocycles. The van der Waals surface area contributed by atoms with Gasteiger partial charge in [0.1, 0.15) is 19.5 Å². The Bertz CT molecular complexity index is 367. The molecule has 2 unspecified atom stereocenters. The molecule has 0 saturated carbocycles. The normalized spacial score (nSPS) is 26.8. The SMILES string of the molecule is O=C(NCC1CCC(C(=O)O)O1)C1=COCCO1. The van der Waals surface area contributed by atoms with Crippen LogP contribution in [0.25, 0.3) is 0 Å². The van der Waals surface area contributed by atoms with Crippen LogP contribution in [-0.2, 0) is 23.8 Å². The highest BCUT2D eigenvalue weighted by molar-refractivity contribution is 5.91. The number of nitrogens with one attached hydrogen (secondary N) is 1. The van der Waals surface area contributed by atoms with E-state index < -0.39 is 12.1 Å². The van der Waals surface area contributed by atoms with Crippen molar-refractivity contribution >= 4 is 11.9 Å². The molecule has 0 radical (unpaired) electrons. The second-order valence-corrected chi connectivity index (χ2v) is 4.07. The molecule has 2 rings (SSSR count). The average molecular weight is 257 g/mol. The van der Waals surface area contributed by atoms with Crippen LogP contribution in [0.15, 0.2) is 12.0 Å². The molecule has 100 valence electrons. The number of ether oxygens (including phenoxy) is 3. The van der Waals surface area contributed by atoms with Gasteiger partial charge >= 0.3 is 5.97 Å². The first-order valence-corrected chi connectivity index (χ1v) is 5.78. The molecule has 7 nitrogen and oxygen atoms in total. The Morgan fingerprint density at radius 2 is 2.22 bits per heavy atom. The van der Waals surface area contributed by atoms with E-state index >= 15 is 0 Å². The molecule has 7 heteroatoms. The maximum Gasteiger partial charge on any atom is 0.332 e. The fourth-order valence-corrected chi connectivity index (χ4v) is 1.82. The van der Waals surface area contributed by atoms with E-state index in [1.165, 1.54) is 6.26 Å². The average Bonchev–Trinajstić information content (AvgIpc) is 2.86. The van der Waals surface area contributed by atoms with Crippen molar-refractivity contribution in [1.82, 2.24) is 5.32 Å². The van der Waals surface area contributed by atoms with Gasteiger partial charge in [-0.05, 0) is 12.8 Å². The minimum absolute atomic E-state index is 0.133. The van der Waals surface area contributed by atoms with E-state index in [9.17, 15) is 9.59 Å². The van der Waals surface area contributed by atoms with Gasteiger partial charge in [-0.15, -0.1) is 0 Å². The van der Waals surface area contributed by atoms with E-state index in [-0.39, 0.29) is 24.3 Å². The van der Waals surface area contributed by atoms with Crippen LogP contribution < -0.4 is 5.32 Å². The van der Waals surface area contributed by atoms with Gasteiger partial charge < -0.3 is 24.6 Å². The Kier molecular flexibility index (Phi) is 4.03. The first-order chi connectivity index (χ1) is 8.66. The molecular weight excluding hydrogens is 242 g/mol. The minimum Gasteiger partial charge on any atom is -0.494 e. The van der Waals surface area contributed by atoms with Gasteiger partial charge in [-0.3, -0.25) is 4.79 Å². The number of carboxylic acids is 1. The summed E-state index contributed by atoms with van der Waals surface area (Å²) in [4.78, 5) is 22.3. The zero-order valence-corrected chi connectivity index (χ0v) is 9.76. The van der Waals surface area contributed by atoms with Crippen molar-refractivity contribution in [2.45, 2.75) is 25.0 Å². The lowest BCUT2D eigenvalue weighted by Gasteiger charge is -2.16. The van der Waals surface area contributed by atoms with Gasteiger partial charge in [-0.2, -0.15) is 0 Å². The van der Waals surface area contributed by atoms with Gasteiger partial charge in [0.05, 0.1) is 6.10 Å². The van der Waals surface area contributed by atoms with E-state index in [1.54, 1.807) is 0 Å². The van der Waals surface area contributed by atoms with Gasteiger partial charge in [0, 0.05) is 6.54 Å². The molecule has 2 atom stereocenters. The summed E-state index contributed by atoms with van der Waals surface area (Å²) in [6.45, 7) is 1.05. The molecule has 1 saturated heterocycles.